The van der Waals surface area contributed by atoms with Crippen LogP contribution in [0.4, 0.5) is 0 Å². The fraction of sp³-hybridized carbons (Fsp3) is 0.188. The second-order valence-electron chi connectivity index (χ2n) is 4.21. The quantitative estimate of drug-likeness (QED) is 0.756. The molecule has 0 aliphatic heterocycles. The molecule has 2 nitrogen and oxygen atoms in total. The molecule has 2 heteroatoms. The third kappa shape index (κ3) is 2.14. The standard InChI is InChI=1S/C16H16O2/c1-4-18-16(17)15-10-6-8-13-12(11(2)3)7-5-9-14(13)15/h5-10H,2,4H2,1,3H3. The number of carbonyl (C=O) groups excluding carboxylic acids is 1. The van der Waals surface area contributed by atoms with E-state index < -0.39 is 0 Å². The van der Waals surface area contributed by atoms with Gasteiger partial charge in [0, 0.05) is 0 Å². The van der Waals surface area contributed by atoms with Crippen molar-refractivity contribution >= 4 is 22.3 Å². The molecular weight excluding hydrogens is 224 g/mol. The molecule has 0 bridgehead atoms. The van der Waals surface area contributed by atoms with Crippen LogP contribution in [0.3, 0.4) is 0 Å². The molecule has 0 spiro atoms. The number of allylic oxidation sites excluding steroid dienone is 1. The van der Waals surface area contributed by atoms with E-state index in [2.05, 4.69) is 6.58 Å². The molecule has 0 fully saturated rings. The van der Waals surface area contributed by atoms with Crippen LogP contribution >= 0.6 is 0 Å². The van der Waals surface area contributed by atoms with E-state index in [1.54, 1.807) is 6.07 Å². The second kappa shape index (κ2) is 5.05. The first-order valence-electron chi connectivity index (χ1n) is 6.00. The van der Waals surface area contributed by atoms with Gasteiger partial charge in [-0.15, -0.1) is 0 Å². The third-order valence-corrected chi connectivity index (χ3v) is 2.88. The Morgan fingerprint density at radius 3 is 2.22 bits per heavy atom. The average Bonchev–Trinajstić information content (AvgIpc) is 2.37. The molecule has 0 aromatic heterocycles. The molecule has 0 aliphatic carbocycles. The van der Waals surface area contributed by atoms with Crippen molar-refractivity contribution in [1.82, 2.24) is 0 Å². The van der Waals surface area contributed by atoms with Crippen LogP contribution in [0.5, 0.6) is 0 Å². The van der Waals surface area contributed by atoms with Crippen molar-refractivity contribution in [2.24, 2.45) is 0 Å². The maximum absolute atomic E-state index is 11.9. The third-order valence-electron chi connectivity index (χ3n) is 2.88. The highest BCUT2D eigenvalue weighted by Gasteiger charge is 2.12. The highest BCUT2D eigenvalue weighted by atomic mass is 16.5. The number of esters is 1. The zero-order chi connectivity index (χ0) is 13.1. The average molecular weight is 240 g/mol. The topological polar surface area (TPSA) is 26.3 Å². The Labute approximate surface area is 107 Å². The van der Waals surface area contributed by atoms with E-state index in [0.29, 0.717) is 12.2 Å². The lowest BCUT2D eigenvalue weighted by molar-refractivity contribution is 0.0528. The lowest BCUT2D eigenvalue weighted by atomic mass is 9.97. The molecule has 0 unspecified atom stereocenters. The monoisotopic (exact) mass is 240 g/mol. The smallest absolute Gasteiger partial charge is 0.338 e. The summed E-state index contributed by atoms with van der Waals surface area (Å²) in [6, 6.07) is 11.6. The van der Waals surface area contributed by atoms with Gasteiger partial charge in [-0.2, -0.15) is 0 Å². The fourth-order valence-electron chi connectivity index (χ4n) is 2.07. The summed E-state index contributed by atoms with van der Waals surface area (Å²) in [5, 5.41) is 1.95. The molecule has 18 heavy (non-hydrogen) atoms. The molecule has 0 saturated carbocycles. The number of ether oxygens (including phenoxy) is 1. The van der Waals surface area contributed by atoms with Crippen LogP contribution in [-0.4, -0.2) is 12.6 Å². The number of rotatable bonds is 3. The molecule has 0 atom stereocenters. The first kappa shape index (κ1) is 12.4. The van der Waals surface area contributed by atoms with Gasteiger partial charge in [0.2, 0.25) is 0 Å². The van der Waals surface area contributed by atoms with Crippen molar-refractivity contribution in [2.75, 3.05) is 6.61 Å². The van der Waals surface area contributed by atoms with Crippen molar-refractivity contribution in [3.8, 4) is 0 Å². The zero-order valence-electron chi connectivity index (χ0n) is 10.7. The Kier molecular flexibility index (Phi) is 3.47. The van der Waals surface area contributed by atoms with Gasteiger partial charge in [0.25, 0.3) is 0 Å². The Hall–Kier alpha value is -2.09. The molecule has 2 rings (SSSR count). The van der Waals surface area contributed by atoms with Crippen LogP contribution in [0.25, 0.3) is 16.3 Å². The summed E-state index contributed by atoms with van der Waals surface area (Å²) in [5.41, 5.74) is 2.66. The summed E-state index contributed by atoms with van der Waals surface area (Å²) in [6.07, 6.45) is 0. The van der Waals surface area contributed by atoms with Gasteiger partial charge >= 0.3 is 5.97 Å². The van der Waals surface area contributed by atoms with E-state index in [1.807, 2.05) is 44.2 Å². The van der Waals surface area contributed by atoms with E-state index in [1.165, 1.54) is 0 Å². The maximum atomic E-state index is 11.9. The largest absolute Gasteiger partial charge is 0.462 e. The molecule has 0 N–H and O–H groups in total. The van der Waals surface area contributed by atoms with E-state index in [9.17, 15) is 4.79 Å². The molecule has 0 saturated heterocycles. The number of carbonyl (C=O) groups is 1. The van der Waals surface area contributed by atoms with Crippen LogP contribution < -0.4 is 0 Å². The fourth-order valence-corrected chi connectivity index (χ4v) is 2.07. The molecule has 92 valence electrons. The van der Waals surface area contributed by atoms with Gasteiger partial charge in [-0.25, -0.2) is 4.79 Å². The van der Waals surface area contributed by atoms with Gasteiger partial charge in [0.1, 0.15) is 0 Å². The van der Waals surface area contributed by atoms with E-state index >= 15 is 0 Å². The Bertz CT molecular complexity index is 612. The molecule has 2 aromatic rings. The first-order chi connectivity index (χ1) is 8.65. The summed E-state index contributed by atoms with van der Waals surface area (Å²) in [5.74, 6) is -0.276. The highest BCUT2D eigenvalue weighted by molar-refractivity contribution is 6.07. The van der Waals surface area contributed by atoms with Crippen LogP contribution in [0, 0.1) is 0 Å². The minimum atomic E-state index is -0.276. The van der Waals surface area contributed by atoms with Crippen molar-refractivity contribution in [3.05, 3.63) is 54.1 Å². The molecular formula is C16H16O2. The van der Waals surface area contributed by atoms with E-state index in [0.717, 1.165) is 21.9 Å². The van der Waals surface area contributed by atoms with Crippen LogP contribution in [-0.2, 0) is 4.74 Å². The molecule has 0 aliphatic rings. The number of hydrogen-bond acceptors (Lipinski definition) is 2. The molecule has 0 radical (unpaired) electrons. The minimum Gasteiger partial charge on any atom is -0.462 e. The Morgan fingerprint density at radius 2 is 1.67 bits per heavy atom. The van der Waals surface area contributed by atoms with Crippen LogP contribution in [0.1, 0.15) is 29.8 Å². The lowest BCUT2D eigenvalue weighted by Gasteiger charge is -2.09. The molecule has 0 heterocycles. The van der Waals surface area contributed by atoms with Gasteiger partial charge in [-0.05, 0) is 36.2 Å². The number of fused-ring (bicyclic) bond motifs is 1. The second-order valence-corrected chi connectivity index (χ2v) is 4.21. The van der Waals surface area contributed by atoms with Crippen LogP contribution in [0.15, 0.2) is 43.0 Å². The Balaban J connectivity index is 2.67. The van der Waals surface area contributed by atoms with Crippen LogP contribution in [0.2, 0.25) is 0 Å². The predicted octanol–water partition coefficient (Wildman–Crippen LogP) is 4.05. The van der Waals surface area contributed by atoms with Gasteiger partial charge in [0.15, 0.2) is 0 Å². The van der Waals surface area contributed by atoms with Gasteiger partial charge in [0.05, 0.1) is 12.2 Å². The minimum absolute atomic E-state index is 0.276. The summed E-state index contributed by atoms with van der Waals surface area (Å²) in [7, 11) is 0. The van der Waals surface area contributed by atoms with Crippen molar-refractivity contribution in [1.29, 1.82) is 0 Å². The summed E-state index contributed by atoms with van der Waals surface area (Å²) in [6.45, 7) is 8.13. The first-order valence-corrected chi connectivity index (χ1v) is 6.00. The Morgan fingerprint density at radius 1 is 1.11 bits per heavy atom. The van der Waals surface area contributed by atoms with E-state index in [4.69, 9.17) is 4.74 Å². The van der Waals surface area contributed by atoms with Gasteiger partial charge in [-0.1, -0.05) is 42.5 Å². The van der Waals surface area contributed by atoms with Crippen molar-refractivity contribution < 1.29 is 9.53 Å². The predicted molar refractivity (Wildman–Crippen MR) is 74.6 cm³/mol. The van der Waals surface area contributed by atoms with Crippen molar-refractivity contribution in [2.45, 2.75) is 13.8 Å². The number of benzene rings is 2. The summed E-state index contributed by atoms with van der Waals surface area (Å²) >= 11 is 0. The molecule has 2 aromatic carbocycles. The van der Waals surface area contributed by atoms with Gasteiger partial charge in [-0.3, -0.25) is 0 Å². The highest BCUT2D eigenvalue weighted by Crippen LogP contribution is 2.26. The normalized spacial score (nSPS) is 10.3. The number of hydrogen-bond donors (Lipinski definition) is 0. The molecule has 0 amide bonds. The SMILES string of the molecule is C=C(C)c1cccc2c(C(=O)OCC)cccc12. The lowest BCUT2D eigenvalue weighted by Crippen LogP contribution is -2.05. The zero-order valence-corrected chi connectivity index (χ0v) is 10.7. The maximum Gasteiger partial charge on any atom is 0.338 e. The summed E-state index contributed by atoms with van der Waals surface area (Å²) in [4.78, 5) is 11.9. The van der Waals surface area contributed by atoms with E-state index in [-0.39, 0.29) is 5.97 Å². The van der Waals surface area contributed by atoms with Crippen molar-refractivity contribution in [3.63, 3.8) is 0 Å². The van der Waals surface area contributed by atoms with Gasteiger partial charge < -0.3 is 4.74 Å². The summed E-state index contributed by atoms with van der Waals surface area (Å²) < 4.78 is 5.08.